The molecule has 1 aromatic heterocycles. The molecule has 1 heterocycles. The van der Waals surface area contributed by atoms with Crippen molar-refractivity contribution in [3.05, 3.63) is 124 Å². The highest BCUT2D eigenvalue weighted by atomic mass is 35.5. The second-order valence-electron chi connectivity index (χ2n) is 10.0. The Morgan fingerprint density at radius 3 is 2.14 bits per heavy atom. The second kappa shape index (κ2) is 13.6. The minimum atomic E-state index is -2.68. The van der Waals surface area contributed by atoms with Crippen LogP contribution in [0, 0.1) is 0 Å². The Morgan fingerprint density at radius 1 is 0.932 bits per heavy atom. The minimum Gasteiger partial charge on any atom is -0.755 e. The third kappa shape index (κ3) is 7.09. The van der Waals surface area contributed by atoms with Crippen molar-refractivity contribution in [3.8, 4) is 28.1 Å². The first-order valence-electron chi connectivity index (χ1n) is 13.6. The molecule has 1 atom stereocenters. The summed E-state index contributed by atoms with van der Waals surface area (Å²) in [6, 6.07) is 27.6. The SMILES string of the molecule is CCC(=O)c1ccc(-c2ccc(Cc3nc(-c4ccc(Cl)cc4Cl)cn3-c3ccc(N(CC(N)=O)S(=O)[O-])cc3)cc2)cc1. The number of hydrogen-bond acceptors (Lipinski definition) is 5. The number of primary amides is 1. The summed E-state index contributed by atoms with van der Waals surface area (Å²) in [6.45, 7) is 1.38. The fourth-order valence-corrected chi connectivity index (χ4v) is 5.83. The number of nitrogens with two attached hydrogens (primary N) is 1. The Bertz CT molecular complexity index is 1840. The summed E-state index contributed by atoms with van der Waals surface area (Å²) in [5.41, 5.74) is 11.3. The van der Waals surface area contributed by atoms with Crippen LogP contribution in [-0.2, 0) is 22.5 Å². The molecule has 0 radical (unpaired) electrons. The van der Waals surface area contributed by atoms with Crippen molar-refractivity contribution in [2.45, 2.75) is 19.8 Å². The van der Waals surface area contributed by atoms with Gasteiger partial charge in [-0.25, -0.2) is 4.98 Å². The molecule has 1 unspecified atom stereocenters. The van der Waals surface area contributed by atoms with Gasteiger partial charge in [0.25, 0.3) is 0 Å². The number of nitrogens with zero attached hydrogens (tertiary/aromatic N) is 3. The molecular formula is C33H27Cl2N4O4S-. The number of imidazole rings is 1. The summed E-state index contributed by atoms with van der Waals surface area (Å²) in [4.78, 5) is 28.3. The monoisotopic (exact) mass is 645 g/mol. The number of amides is 1. The van der Waals surface area contributed by atoms with Gasteiger partial charge in [-0.1, -0.05) is 78.7 Å². The largest absolute Gasteiger partial charge is 0.755 e. The number of benzene rings is 4. The van der Waals surface area contributed by atoms with E-state index < -0.39 is 23.7 Å². The van der Waals surface area contributed by atoms with Crippen LogP contribution in [0.5, 0.6) is 0 Å². The van der Waals surface area contributed by atoms with Crippen molar-refractivity contribution in [1.82, 2.24) is 9.55 Å². The standard InChI is InChI=1S/C33H28Cl2N4O4S/c1-2-31(40)24-9-7-23(8-10-24)22-5-3-21(4-6-22)17-33-37-30(28-16-11-25(34)18-29(28)35)19-38(33)26-12-14-27(15-13-26)39(44(42)43)20-32(36)41/h3-16,18-19H,2,17,20H2,1H3,(H2,36,41)(H,42,43)/p-1. The first kappa shape index (κ1) is 31.2. The van der Waals surface area contributed by atoms with Crippen molar-refractivity contribution in [1.29, 1.82) is 0 Å². The molecule has 11 heteroatoms. The molecule has 5 rings (SSSR count). The third-order valence-corrected chi connectivity index (χ3v) is 8.31. The Balaban J connectivity index is 1.47. The van der Waals surface area contributed by atoms with E-state index in [1.165, 1.54) is 0 Å². The Hall–Kier alpha value is -4.28. The fraction of sp³-hybridized carbons (Fsp3) is 0.121. The first-order chi connectivity index (χ1) is 21.1. The molecule has 0 spiro atoms. The van der Waals surface area contributed by atoms with Gasteiger partial charge in [0.05, 0.1) is 10.7 Å². The lowest BCUT2D eigenvalue weighted by molar-refractivity contribution is -0.116. The predicted octanol–water partition coefficient (Wildman–Crippen LogP) is 6.78. The summed E-state index contributed by atoms with van der Waals surface area (Å²) in [7, 11) is 0. The van der Waals surface area contributed by atoms with Crippen molar-refractivity contribution in [2.75, 3.05) is 10.8 Å². The van der Waals surface area contributed by atoms with Gasteiger partial charge in [-0.15, -0.1) is 0 Å². The molecule has 0 fully saturated rings. The maximum atomic E-state index is 12.0. The van der Waals surface area contributed by atoms with Crippen LogP contribution < -0.4 is 10.0 Å². The van der Waals surface area contributed by atoms with Gasteiger partial charge >= 0.3 is 0 Å². The van der Waals surface area contributed by atoms with Crippen LogP contribution in [0.3, 0.4) is 0 Å². The van der Waals surface area contributed by atoms with E-state index >= 15 is 0 Å². The molecule has 4 aromatic carbocycles. The number of aromatic nitrogens is 2. The average Bonchev–Trinajstić information content (AvgIpc) is 3.43. The predicted molar refractivity (Wildman–Crippen MR) is 174 cm³/mol. The molecule has 5 aromatic rings. The number of ketones is 1. The number of Topliss-reactive ketones (excluding diaryl/α,β-unsaturated/α-hetero) is 1. The molecule has 0 aliphatic rings. The molecule has 8 nitrogen and oxygen atoms in total. The van der Waals surface area contributed by atoms with E-state index in [0.29, 0.717) is 45.4 Å². The molecule has 1 amide bonds. The number of hydrogen-bond donors (Lipinski definition) is 1. The summed E-state index contributed by atoms with van der Waals surface area (Å²) in [5, 5.41) is 0.969. The van der Waals surface area contributed by atoms with E-state index in [4.69, 9.17) is 33.9 Å². The molecule has 2 N–H and O–H groups in total. The van der Waals surface area contributed by atoms with Gasteiger partial charge in [-0.3, -0.25) is 18.1 Å². The zero-order chi connectivity index (χ0) is 31.4. The number of anilines is 1. The summed E-state index contributed by atoms with van der Waals surface area (Å²) < 4.78 is 26.2. The van der Waals surface area contributed by atoms with Crippen LogP contribution in [0.15, 0.2) is 97.2 Å². The Morgan fingerprint density at radius 2 is 1.57 bits per heavy atom. The lowest BCUT2D eigenvalue weighted by Crippen LogP contribution is -2.35. The van der Waals surface area contributed by atoms with Crippen LogP contribution in [0.2, 0.25) is 10.0 Å². The number of halogens is 2. The van der Waals surface area contributed by atoms with Crippen molar-refractivity contribution >= 4 is 51.8 Å². The molecular weight excluding hydrogens is 619 g/mol. The van der Waals surface area contributed by atoms with E-state index in [0.717, 1.165) is 32.5 Å². The zero-order valence-electron chi connectivity index (χ0n) is 23.6. The average molecular weight is 647 g/mol. The van der Waals surface area contributed by atoms with Crippen LogP contribution in [0.1, 0.15) is 35.1 Å². The fourth-order valence-electron chi connectivity index (χ4n) is 4.80. The van der Waals surface area contributed by atoms with E-state index in [1.807, 2.05) is 72.3 Å². The highest BCUT2D eigenvalue weighted by Gasteiger charge is 2.16. The molecule has 0 aliphatic heterocycles. The van der Waals surface area contributed by atoms with Crippen molar-refractivity contribution < 1.29 is 18.4 Å². The van der Waals surface area contributed by atoms with E-state index in [1.54, 1.807) is 36.4 Å². The summed E-state index contributed by atoms with van der Waals surface area (Å²) >= 11 is 9.96. The van der Waals surface area contributed by atoms with Gasteiger partial charge in [0.2, 0.25) is 5.91 Å². The van der Waals surface area contributed by atoms with Gasteiger partial charge in [0.15, 0.2) is 5.78 Å². The quantitative estimate of drug-likeness (QED) is 0.125. The lowest BCUT2D eigenvalue weighted by Gasteiger charge is -2.25. The number of rotatable bonds is 11. The molecule has 0 saturated carbocycles. The van der Waals surface area contributed by atoms with Crippen molar-refractivity contribution in [2.24, 2.45) is 5.73 Å². The second-order valence-corrected chi connectivity index (χ2v) is 11.7. The van der Waals surface area contributed by atoms with Crippen LogP contribution >= 0.6 is 23.2 Å². The normalized spacial score (nSPS) is 11.7. The van der Waals surface area contributed by atoms with Crippen LogP contribution in [0.4, 0.5) is 5.69 Å². The van der Waals surface area contributed by atoms with Crippen LogP contribution in [0.25, 0.3) is 28.1 Å². The number of carbonyl (C=O) groups excluding carboxylic acids is 2. The smallest absolute Gasteiger partial charge is 0.238 e. The highest BCUT2D eigenvalue weighted by Crippen LogP contribution is 2.32. The topological polar surface area (TPSA) is 121 Å². The zero-order valence-corrected chi connectivity index (χ0v) is 25.9. The Kier molecular flexibility index (Phi) is 9.61. The van der Waals surface area contributed by atoms with Gasteiger partial charge in [0.1, 0.15) is 12.4 Å². The van der Waals surface area contributed by atoms with Crippen molar-refractivity contribution in [3.63, 3.8) is 0 Å². The van der Waals surface area contributed by atoms with Crippen LogP contribution in [-0.4, -0.2) is 36.5 Å². The highest BCUT2D eigenvalue weighted by molar-refractivity contribution is 7.80. The molecule has 224 valence electrons. The third-order valence-electron chi connectivity index (χ3n) is 7.06. The van der Waals surface area contributed by atoms with Gasteiger partial charge in [0, 0.05) is 57.8 Å². The van der Waals surface area contributed by atoms with Gasteiger partial charge < -0.3 is 14.9 Å². The van der Waals surface area contributed by atoms with Gasteiger partial charge in [-0.05, 0) is 59.2 Å². The Labute approximate surface area is 267 Å². The number of carbonyl (C=O) groups is 2. The molecule has 0 bridgehead atoms. The lowest BCUT2D eigenvalue weighted by atomic mass is 10.00. The van der Waals surface area contributed by atoms with Gasteiger partial charge in [-0.2, -0.15) is 0 Å². The van der Waals surface area contributed by atoms with E-state index in [2.05, 4.69) is 0 Å². The molecule has 0 aliphatic carbocycles. The maximum absolute atomic E-state index is 12.0. The summed E-state index contributed by atoms with van der Waals surface area (Å²) in [6.07, 6.45) is 2.81. The van der Waals surface area contributed by atoms with E-state index in [-0.39, 0.29) is 5.78 Å². The first-order valence-corrected chi connectivity index (χ1v) is 15.4. The summed E-state index contributed by atoms with van der Waals surface area (Å²) in [5.74, 6) is 0.0595. The molecule has 0 saturated heterocycles. The maximum Gasteiger partial charge on any atom is 0.238 e. The molecule has 44 heavy (non-hydrogen) atoms. The minimum absolute atomic E-state index is 0.111. The van der Waals surface area contributed by atoms with E-state index in [9.17, 15) is 18.4 Å².